The van der Waals surface area contributed by atoms with Crippen molar-refractivity contribution in [2.45, 2.75) is 6.92 Å². The number of nitrogens with zero attached hydrogens (tertiary/aromatic N) is 2. The maximum absolute atomic E-state index is 12.9. The summed E-state index contributed by atoms with van der Waals surface area (Å²) in [5.74, 6) is 0.136. The number of esters is 1. The number of aromatic nitrogens is 2. The Morgan fingerprint density at radius 1 is 1.04 bits per heavy atom. The van der Waals surface area contributed by atoms with Gasteiger partial charge in [-0.1, -0.05) is 0 Å². The standard InChI is InChI=1S/C18H14FN3O2/c1-12-10-17(21-11-20-12)22-15-6-8-16(9-7-15)24-18(23)13-2-4-14(19)5-3-13/h2-11H,1H3,(H,20,21,22). The number of carbonyl (C=O) groups is 1. The molecule has 3 rings (SSSR count). The molecule has 0 saturated heterocycles. The fourth-order valence-electron chi connectivity index (χ4n) is 2.03. The van der Waals surface area contributed by atoms with Gasteiger partial charge >= 0.3 is 5.97 Å². The van der Waals surface area contributed by atoms with Crippen LogP contribution in [-0.2, 0) is 0 Å². The molecule has 0 aliphatic carbocycles. The Balaban J connectivity index is 1.66. The van der Waals surface area contributed by atoms with Crippen molar-refractivity contribution in [3.63, 3.8) is 0 Å². The Morgan fingerprint density at radius 2 is 1.75 bits per heavy atom. The van der Waals surface area contributed by atoms with E-state index in [1.807, 2.05) is 13.0 Å². The highest BCUT2D eigenvalue weighted by molar-refractivity contribution is 5.91. The van der Waals surface area contributed by atoms with Gasteiger partial charge < -0.3 is 10.1 Å². The Morgan fingerprint density at radius 3 is 2.42 bits per heavy atom. The second kappa shape index (κ2) is 6.87. The van der Waals surface area contributed by atoms with Crippen LogP contribution in [0.5, 0.6) is 5.75 Å². The lowest BCUT2D eigenvalue weighted by molar-refractivity contribution is 0.0734. The summed E-state index contributed by atoms with van der Waals surface area (Å²) >= 11 is 0. The minimum absolute atomic E-state index is 0.287. The fraction of sp³-hybridized carbons (Fsp3) is 0.0556. The molecule has 1 heterocycles. The molecule has 0 spiro atoms. The molecule has 0 amide bonds. The Labute approximate surface area is 138 Å². The average Bonchev–Trinajstić information content (AvgIpc) is 2.57. The van der Waals surface area contributed by atoms with E-state index in [9.17, 15) is 9.18 Å². The van der Waals surface area contributed by atoms with E-state index in [-0.39, 0.29) is 5.56 Å². The van der Waals surface area contributed by atoms with E-state index in [1.165, 1.54) is 30.6 Å². The molecule has 0 radical (unpaired) electrons. The zero-order chi connectivity index (χ0) is 16.9. The zero-order valence-electron chi connectivity index (χ0n) is 12.9. The lowest BCUT2D eigenvalue weighted by atomic mass is 10.2. The summed E-state index contributed by atoms with van der Waals surface area (Å²) in [6.07, 6.45) is 1.48. The molecular weight excluding hydrogens is 309 g/mol. The molecule has 0 saturated carbocycles. The highest BCUT2D eigenvalue weighted by atomic mass is 19.1. The molecule has 0 unspecified atom stereocenters. The highest BCUT2D eigenvalue weighted by Crippen LogP contribution is 2.20. The van der Waals surface area contributed by atoms with Crippen LogP contribution in [0.3, 0.4) is 0 Å². The third kappa shape index (κ3) is 3.92. The van der Waals surface area contributed by atoms with Crippen LogP contribution >= 0.6 is 0 Å². The molecule has 0 aliphatic heterocycles. The van der Waals surface area contributed by atoms with Gasteiger partial charge in [-0.2, -0.15) is 0 Å². The van der Waals surface area contributed by atoms with Crippen molar-refractivity contribution in [2.24, 2.45) is 0 Å². The first-order valence-electron chi connectivity index (χ1n) is 7.24. The number of rotatable bonds is 4. The number of ether oxygens (including phenoxy) is 1. The van der Waals surface area contributed by atoms with Crippen molar-refractivity contribution in [2.75, 3.05) is 5.32 Å². The van der Waals surface area contributed by atoms with Gasteiger partial charge in [0.25, 0.3) is 0 Å². The van der Waals surface area contributed by atoms with E-state index in [0.29, 0.717) is 11.6 Å². The van der Waals surface area contributed by atoms with Crippen LogP contribution in [0.2, 0.25) is 0 Å². The van der Waals surface area contributed by atoms with Gasteiger partial charge in [0.2, 0.25) is 0 Å². The van der Waals surface area contributed by atoms with E-state index < -0.39 is 11.8 Å². The minimum Gasteiger partial charge on any atom is -0.423 e. The van der Waals surface area contributed by atoms with Crippen LogP contribution in [0, 0.1) is 12.7 Å². The predicted molar refractivity (Wildman–Crippen MR) is 87.9 cm³/mol. The van der Waals surface area contributed by atoms with Crippen molar-refractivity contribution in [3.8, 4) is 5.75 Å². The minimum atomic E-state index is -0.540. The van der Waals surface area contributed by atoms with E-state index in [1.54, 1.807) is 24.3 Å². The molecule has 2 aromatic carbocycles. The van der Waals surface area contributed by atoms with Gasteiger partial charge in [-0.05, 0) is 55.5 Å². The third-order valence-electron chi connectivity index (χ3n) is 3.22. The lowest BCUT2D eigenvalue weighted by Gasteiger charge is -2.08. The third-order valence-corrected chi connectivity index (χ3v) is 3.22. The van der Waals surface area contributed by atoms with Gasteiger partial charge in [0.15, 0.2) is 0 Å². The number of benzene rings is 2. The van der Waals surface area contributed by atoms with Crippen molar-refractivity contribution in [3.05, 3.63) is 78.0 Å². The summed E-state index contributed by atoms with van der Waals surface area (Å²) in [4.78, 5) is 20.1. The molecule has 5 nitrogen and oxygen atoms in total. The molecule has 0 bridgehead atoms. The van der Waals surface area contributed by atoms with Crippen LogP contribution < -0.4 is 10.1 Å². The molecular formula is C18H14FN3O2. The summed E-state index contributed by atoms with van der Waals surface area (Å²) in [5, 5.41) is 3.13. The van der Waals surface area contributed by atoms with Crippen LogP contribution in [0.15, 0.2) is 60.9 Å². The largest absolute Gasteiger partial charge is 0.423 e. The van der Waals surface area contributed by atoms with Gasteiger partial charge in [0.1, 0.15) is 23.7 Å². The van der Waals surface area contributed by atoms with Gasteiger partial charge in [-0.3, -0.25) is 0 Å². The first-order valence-corrected chi connectivity index (χ1v) is 7.24. The second-order valence-corrected chi connectivity index (χ2v) is 5.09. The van der Waals surface area contributed by atoms with E-state index in [0.717, 1.165) is 11.4 Å². The number of hydrogen-bond acceptors (Lipinski definition) is 5. The van der Waals surface area contributed by atoms with Crippen molar-refractivity contribution < 1.29 is 13.9 Å². The predicted octanol–water partition coefficient (Wildman–Crippen LogP) is 3.89. The van der Waals surface area contributed by atoms with Crippen molar-refractivity contribution >= 4 is 17.5 Å². The Kier molecular flexibility index (Phi) is 4.47. The first-order chi connectivity index (χ1) is 11.6. The van der Waals surface area contributed by atoms with Crippen LogP contribution in [0.25, 0.3) is 0 Å². The van der Waals surface area contributed by atoms with E-state index >= 15 is 0 Å². The number of aryl methyl sites for hydroxylation is 1. The SMILES string of the molecule is Cc1cc(Nc2ccc(OC(=O)c3ccc(F)cc3)cc2)ncn1. The molecule has 6 heteroatoms. The summed E-state index contributed by atoms with van der Waals surface area (Å²) in [5.41, 5.74) is 1.95. The number of halogens is 1. The summed E-state index contributed by atoms with van der Waals surface area (Å²) < 4.78 is 18.1. The van der Waals surface area contributed by atoms with Crippen molar-refractivity contribution in [1.82, 2.24) is 9.97 Å². The number of nitrogens with one attached hydrogen (secondary N) is 1. The normalized spacial score (nSPS) is 10.2. The Hall–Kier alpha value is -3.28. The van der Waals surface area contributed by atoms with Crippen LogP contribution in [-0.4, -0.2) is 15.9 Å². The maximum atomic E-state index is 12.9. The molecule has 0 aliphatic rings. The Bertz CT molecular complexity index is 849. The number of anilines is 2. The van der Waals surface area contributed by atoms with Crippen molar-refractivity contribution in [1.29, 1.82) is 0 Å². The average molecular weight is 323 g/mol. The van der Waals surface area contributed by atoms with Gasteiger partial charge in [0.05, 0.1) is 5.56 Å². The first kappa shape index (κ1) is 15.6. The maximum Gasteiger partial charge on any atom is 0.343 e. The topological polar surface area (TPSA) is 64.1 Å². The zero-order valence-corrected chi connectivity index (χ0v) is 12.9. The second-order valence-electron chi connectivity index (χ2n) is 5.09. The lowest BCUT2D eigenvalue weighted by Crippen LogP contribution is -2.08. The molecule has 1 N–H and O–H groups in total. The van der Waals surface area contributed by atoms with Crippen LogP contribution in [0.4, 0.5) is 15.9 Å². The van der Waals surface area contributed by atoms with Gasteiger partial charge in [-0.25, -0.2) is 19.2 Å². The summed E-state index contributed by atoms with van der Waals surface area (Å²) in [6, 6.07) is 13.9. The molecule has 24 heavy (non-hydrogen) atoms. The van der Waals surface area contributed by atoms with Gasteiger partial charge in [-0.15, -0.1) is 0 Å². The quantitative estimate of drug-likeness (QED) is 0.583. The molecule has 0 fully saturated rings. The van der Waals surface area contributed by atoms with Gasteiger partial charge in [0, 0.05) is 17.4 Å². The smallest absolute Gasteiger partial charge is 0.343 e. The summed E-state index contributed by atoms with van der Waals surface area (Å²) in [6.45, 7) is 1.88. The molecule has 3 aromatic rings. The van der Waals surface area contributed by atoms with Crippen LogP contribution in [0.1, 0.15) is 16.1 Å². The van der Waals surface area contributed by atoms with E-state index in [4.69, 9.17) is 4.74 Å². The number of carbonyl (C=O) groups excluding carboxylic acids is 1. The molecule has 0 atom stereocenters. The molecule has 1 aromatic heterocycles. The number of hydrogen-bond donors (Lipinski definition) is 1. The monoisotopic (exact) mass is 323 g/mol. The van der Waals surface area contributed by atoms with E-state index in [2.05, 4.69) is 15.3 Å². The fourth-order valence-corrected chi connectivity index (χ4v) is 2.03. The summed E-state index contributed by atoms with van der Waals surface area (Å²) in [7, 11) is 0. The molecule has 120 valence electrons. The highest BCUT2D eigenvalue weighted by Gasteiger charge is 2.08.